The van der Waals surface area contributed by atoms with Crippen LogP contribution in [0.4, 0.5) is 0 Å². The van der Waals surface area contributed by atoms with E-state index in [9.17, 15) is 14.4 Å². The predicted octanol–water partition coefficient (Wildman–Crippen LogP) is 1.15. The molecule has 3 amide bonds. The van der Waals surface area contributed by atoms with Crippen molar-refractivity contribution >= 4 is 17.7 Å². The number of benzene rings is 1. The third kappa shape index (κ3) is 4.33. The van der Waals surface area contributed by atoms with E-state index in [0.29, 0.717) is 31.9 Å². The molecule has 27 heavy (non-hydrogen) atoms. The minimum atomic E-state index is -0.617. The molecule has 1 aromatic carbocycles. The van der Waals surface area contributed by atoms with Crippen LogP contribution in [0, 0.1) is 0 Å². The van der Waals surface area contributed by atoms with Gasteiger partial charge in [-0.2, -0.15) is 0 Å². The molecule has 1 aliphatic heterocycles. The highest BCUT2D eigenvalue weighted by Crippen LogP contribution is 2.20. The van der Waals surface area contributed by atoms with Crippen molar-refractivity contribution < 1.29 is 18.9 Å². The Labute approximate surface area is 157 Å². The van der Waals surface area contributed by atoms with Gasteiger partial charge in [-0.3, -0.25) is 14.4 Å². The molecule has 1 aliphatic rings. The number of nitrogens with one attached hydrogen (secondary N) is 1. The first kappa shape index (κ1) is 18.6. The summed E-state index contributed by atoms with van der Waals surface area (Å²) in [6.45, 7) is 4.88. The Bertz CT molecular complexity index is 823. The molecule has 8 heteroatoms. The first-order valence-electron chi connectivity index (χ1n) is 8.87. The number of rotatable bonds is 3. The van der Waals surface area contributed by atoms with Crippen LogP contribution in [0.5, 0.6) is 0 Å². The van der Waals surface area contributed by atoms with Crippen LogP contribution in [0.15, 0.2) is 40.9 Å². The van der Waals surface area contributed by atoms with Crippen molar-refractivity contribution in [2.75, 3.05) is 26.2 Å². The molecule has 1 N–H and O–H groups in total. The lowest BCUT2D eigenvalue weighted by Crippen LogP contribution is -2.54. The van der Waals surface area contributed by atoms with Crippen molar-refractivity contribution in [1.82, 2.24) is 20.3 Å². The molecule has 0 unspecified atom stereocenters. The van der Waals surface area contributed by atoms with E-state index in [-0.39, 0.29) is 17.6 Å². The van der Waals surface area contributed by atoms with E-state index in [4.69, 9.17) is 4.52 Å². The van der Waals surface area contributed by atoms with E-state index in [1.54, 1.807) is 24.8 Å². The highest BCUT2D eigenvalue weighted by Gasteiger charge is 2.29. The van der Waals surface area contributed by atoms with Crippen molar-refractivity contribution in [2.45, 2.75) is 19.9 Å². The Morgan fingerprint density at radius 3 is 2.30 bits per heavy atom. The van der Waals surface area contributed by atoms with Crippen molar-refractivity contribution in [2.24, 2.45) is 0 Å². The number of carbonyl (C=O) groups excluding carboxylic acids is 3. The summed E-state index contributed by atoms with van der Waals surface area (Å²) in [4.78, 5) is 39.6. The highest BCUT2D eigenvalue weighted by atomic mass is 16.5. The minimum Gasteiger partial charge on any atom is -0.355 e. The Kier molecular flexibility index (Phi) is 5.54. The average Bonchev–Trinajstić information content (AvgIpc) is 3.17. The SMILES string of the molecule is CC(C)NC(=O)C(=O)N1CCN(C(=O)c2cc(-c3ccccc3)on2)CC1. The fourth-order valence-corrected chi connectivity index (χ4v) is 2.86. The highest BCUT2D eigenvalue weighted by molar-refractivity contribution is 6.35. The molecule has 1 fully saturated rings. The second-order valence-corrected chi connectivity index (χ2v) is 6.65. The van der Waals surface area contributed by atoms with Crippen LogP contribution in [0.25, 0.3) is 11.3 Å². The molecule has 142 valence electrons. The summed E-state index contributed by atoms with van der Waals surface area (Å²) in [5.41, 5.74) is 1.07. The summed E-state index contributed by atoms with van der Waals surface area (Å²) in [5, 5.41) is 6.46. The maximum Gasteiger partial charge on any atom is 0.312 e. The number of amides is 3. The molecule has 0 atom stereocenters. The van der Waals surface area contributed by atoms with Crippen LogP contribution in [0.2, 0.25) is 0 Å². The second kappa shape index (κ2) is 8.03. The molecule has 1 saturated heterocycles. The van der Waals surface area contributed by atoms with Crippen molar-refractivity contribution in [3.63, 3.8) is 0 Å². The van der Waals surface area contributed by atoms with Crippen LogP contribution in [-0.4, -0.2) is 64.9 Å². The van der Waals surface area contributed by atoms with Gasteiger partial charge in [0.15, 0.2) is 11.5 Å². The third-order valence-corrected chi connectivity index (χ3v) is 4.26. The van der Waals surface area contributed by atoms with Gasteiger partial charge in [0.1, 0.15) is 0 Å². The first-order chi connectivity index (χ1) is 13.0. The van der Waals surface area contributed by atoms with Crippen LogP contribution in [0.1, 0.15) is 24.3 Å². The van der Waals surface area contributed by atoms with Gasteiger partial charge in [0, 0.05) is 43.9 Å². The third-order valence-electron chi connectivity index (χ3n) is 4.26. The van der Waals surface area contributed by atoms with Gasteiger partial charge in [-0.25, -0.2) is 0 Å². The quantitative estimate of drug-likeness (QED) is 0.818. The van der Waals surface area contributed by atoms with Crippen LogP contribution in [0.3, 0.4) is 0 Å². The Morgan fingerprint density at radius 1 is 1.04 bits per heavy atom. The smallest absolute Gasteiger partial charge is 0.312 e. The zero-order valence-corrected chi connectivity index (χ0v) is 15.3. The molecule has 3 rings (SSSR count). The fourth-order valence-electron chi connectivity index (χ4n) is 2.86. The predicted molar refractivity (Wildman–Crippen MR) is 97.7 cm³/mol. The summed E-state index contributed by atoms with van der Waals surface area (Å²) in [6.07, 6.45) is 0. The van der Waals surface area contributed by atoms with Gasteiger partial charge in [0.25, 0.3) is 5.91 Å². The van der Waals surface area contributed by atoms with Gasteiger partial charge in [-0.05, 0) is 13.8 Å². The van der Waals surface area contributed by atoms with Crippen LogP contribution >= 0.6 is 0 Å². The Morgan fingerprint density at radius 2 is 1.67 bits per heavy atom. The number of hydrogen-bond acceptors (Lipinski definition) is 5. The molecule has 0 radical (unpaired) electrons. The van der Waals surface area contributed by atoms with Crippen LogP contribution < -0.4 is 5.32 Å². The standard InChI is InChI=1S/C19H22N4O4/c1-13(2)20-17(24)19(26)23-10-8-22(9-11-23)18(25)15-12-16(27-21-15)14-6-4-3-5-7-14/h3-7,12-13H,8-11H2,1-2H3,(H,20,24). The largest absolute Gasteiger partial charge is 0.355 e. The lowest BCUT2D eigenvalue weighted by Gasteiger charge is -2.34. The summed E-state index contributed by atoms with van der Waals surface area (Å²) in [7, 11) is 0. The van der Waals surface area contributed by atoms with Gasteiger partial charge in [0.05, 0.1) is 0 Å². The Hall–Kier alpha value is -3.16. The maximum absolute atomic E-state index is 12.6. The number of piperazine rings is 1. The number of hydrogen-bond donors (Lipinski definition) is 1. The van der Waals surface area contributed by atoms with E-state index in [1.807, 2.05) is 30.3 Å². The molecule has 2 heterocycles. The topological polar surface area (TPSA) is 95.8 Å². The summed E-state index contributed by atoms with van der Waals surface area (Å²) >= 11 is 0. The van der Waals surface area contributed by atoms with E-state index in [0.717, 1.165) is 5.56 Å². The average molecular weight is 370 g/mol. The zero-order valence-electron chi connectivity index (χ0n) is 15.3. The van der Waals surface area contributed by atoms with Gasteiger partial charge in [-0.15, -0.1) is 0 Å². The molecular formula is C19H22N4O4. The Balaban J connectivity index is 1.58. The number of carbonyl (C=O) groups is 3. The van der Waals surface area contributed by atoms with E-state index in [1.165, 1.54) is 4.90 Å². The second-order valence-electron chi connectivity index (χ2n) is 6.65. The first-order valence-corrected chi connectivity index (χ1v) is 8.87. The molecule has 2 aromatic rings. The van der Waals surface area contributed by atoms with Crippen LogP contribution in [-0.2, 0) is 9.59 Å². The lowest BCUT2D eigenvalue weighted by molar-refractivity contribution is -0.147. The normalized spacial score (nSPS) is 14.3. The van der Waals surface area contributed by atoms with Gasteiger partial charge in [-0.1, -0.05) is 35.5 Å². The van der Waals surface area contributed by atoms with E-state index < -0.39 is 11.8 Å². The molecule has 8 nitrogen and oxygen atoms in total. The molecule has 0 saturated carbocycles. The summed E-state index contributed by atoms with van der Waals surface area (Å²) in [5.74, 6) is -0.907. The molecule has 1 aromatic heterocycles. The van der Waals surface area contributed by atoms with Gasteiger partial charge >= 0.3 is 11.8 Å². The minimum absolute atomic E-state index is 0.102. The van der Waals surface area contributed by atoms with E-state index in [2.05, 4.69) is 10.5 Å². The van der Waals surface area contributed by atoms with Gasteiger partial charge < -0.3 is 19.6 Å². The monoisotopic (exact) mass is 370 g/mol. The zero-order chi connectivity index (χ0) is 19.4. The maximum atomic E-state index is 12.6. The van der Waals surface area contributed by atoms with Gasteiger partial charge in [0.2, 0.25) is 0 Å². The molecule has 0 bridgehead atoms. The number of aromatic nitrogens is 1. The number of nitrogens with zero attached hydrogens (tertiary/aromatic N) is 3. The fraction of sp³-hybridized carbons (Fsp3) is 0.368. The summed E-state index contributed by atoms with van der Waals surface area (Å²) < 4.78 is 5.28. The van der Waals surface area contributed by atoms with Crippen molar-refractivity contribution in [3.05, 3.63) is 42.1 Å². The van der Waals surface area contributed by atoms with Crippen molar-refractivity contribution in [3.8, 4) is 11.3 Å². The lowest BCUT2D eigenvalue weighted by atomic mass is 10.1. The molecule has 0 spiro atoms. The van der Waals surface area contributed by atoms with Crippen molar-refractivity contribution in [1.29, 1.82) is 0 Å². The molecule has 0 aliphatic carbocycles. The van der Waals surface area contributed by atoms with E-state index >= 15 is 0 Å². The summed E-state index contributed by atoms with van der Waals surface area (Å²) in [6, 6.07) is 10.9. The molecular weight excluding hydrogens is 348 g/mol.